The lowest BCUT2D eigenvalue weighted by Crippen LogP contribution is -2.31. The first-order valence-corrected chi connectivity index (χ1v) is 9.85. The van der Waals surface area contributed by atoms with Crippen LogP contribution in [0, 0.1) is 5.41 Å². The molecule has 0 saturated heterocycles. The van der Waals surface area contributed by atoms with Crippen molar-refractivity contribution in [3.8, 4) is 0 Å². The Kier molecular flexibility index (Phi) is 4.36. The average Bonchev–Trinajstić information content (AvgIpc) is 2.70. The highest BCUT2D eigenvalue weighted by Crippen LogP contribution is 2.46. The number of Topliss-reactive ketones (excluding diaryl/α,β-unsaturated/α-hetero) is 1. The Balaban J connectivity index is 1.92. The maximum atomic E-state index is 13.1. The van der Waals surface area contributed by atoms with Gasteiger partial charge in [-0.3, -0.25) is 4.79 Å². The number of fused-ring (bicyclic) bond motifs is 1. The van der Waals surface area contributed by atoms with E-state index in [1.807, 2.05) is 36.4 Å². The molecule has 0 bridgehead atoms. The summed E-state index contributed by atoms with van der Waals surface area (Å²) in [6, 6.07) is 13.5. The first kappa shape index (κ1) is 17.6. The molecule has 26 heavy (non-hydrogen) atoms. The minimum Gasteiger partial charge on any atom is -0.372 e. The van der Waals surface area contributed by atoms with Gasteiger partial charge in [-0.05, 0) is 41.7 Å². The first-order valence-electron chi connectivity index (χ1n) is 8.68. The van der Waals surface area contributed by atoms with E-state index in [-0.39, 0.29) is 17.2 Å². The standard InChI is InChI=1S/C21H20BrClN2O/c1-21(2)10-17-19(18(26)11-21)20(13-5-3-4-6-14(13)22)25-16-9-12(23)7-8-15(16)24-17/h3-9,20,24-25H,10-11H2,1-2H3. The van der Waals surface area contributed by atoms with Crippen LogP contribution in [0.4, 0.5) is 11.4 Å². The van der Waals surface area contributed by atoms with E-state index in [2.05, 4.69) is 46.5 Å². The van der Waals surface area contributed by atoms with Crippen molar-refractivity contribution in [3.63, 3.8) is 0 Å². The zero-order valence-electron chi connectivity index (χ0n) is 14.7. The summed E-state index contributed by atoms with van der Waals surface area (Å²) in [4.78, 5) is 13.1. The zero-order chi connectivity index (χ0) is 18.5. The van der Waals surface area contributed by atoms with Crippen LogP contribution >= 0.6 is 27.5 Å². The monoisotopic (exact) mass is 430 g/mol. The third-order valence-corrected chi connectivity index (χ3v) is 5.95. The van der Waals surface area contributed by atoms with Crippen molar-refractivity contribution >= 4 is 44.7 Å². The molecule has 2 aromatic rings. The van der Waals surface area contributed by atoms with Crippen molar-refractivity contribution in [2.75, 3.05) is 10.6 Å². The fourth-order valence-corrected chi connectivity index (χ4v) is 4.54. The number of hydrogen-bond donors (Lipinski definition) is 2. The highest BCUT2D eigenvalue weighted by atomic mass is 79.9. The predicted octanol–water partition coefficient (Wildman–Crippen LogP) is 6.32. The Labute approximate surface area is 167 Å². The molecule has 4 rings (SSSR count). The number of carbonyl (C=O) groups is 1. The quantitative estimate of drug-likeness (QED) is 0.555. The maximum Gasteiger partial charge on any atom is 0.163 e. The third-order valence-electron chi connectivity index (χ3n) is 4.99. The Morgan fingerprint density at radius 1 is 1.12 bits per heavy atom. The molecule has 3 nitrogen and oxygen atoms in total. The van der Waals surface area contributed by atoms with Crippen molar-refractivity contribution in [2.24, 2.45) is 5.41 Å². The molecule has 1 aliphatic carbocycles. The smallest absolute Gasteiger partial charge is 0.163 e. The molecule has 1 heterocycles. The summed E-state index contributed by atoms with van der Waals surface area (Å²) < 4.78 is 0.979. The summed E-state index contributed by atoms with van der Waals surface area (Å²) in [7, 11) is 0. The van der Waals surface area contributed by atoms with Crippen molar-refractivity contribution in [3.05, 3.63) is 68.8 Å². The van der Waals surface area contributed by atoms with Gasteiger partial charge in [0.2, 0.25) is 0 Å². The van der Waals surface area contributed by atoms with Crippen LogP contribution in [-0.4, -0.2) is 5.78 Å². The molecule has 0 fully saturated rings. The molecule has 0 radical (unpaired) electrons. The van der Waals surface area contributed by atoms with Crippen LogP contribution in [0.5, 0.6) is 0 Å². The van der Waals surface area contributed by atoms with Gasteiger partial charge in [0.15, 0.2) is 5.78 Å². The van der Waals surface area contributed by atoms with Crippen LogP contribution in [0.15, 0.2) is 58.2 Å². The Bertz CT molecular complexity index is 935. The van der Waals surface area contributed by atoms with E-state index in [1.54, 1.807) is 0 Å². The number of anilines is 2. The number of ketones is 1. The van der Waals surface area contributed by atoms with Gasteiger partial charge in [-0.15, -0.1) is 0 Å². The van der Waals surface area contributed by atoms with Crippen LogP contribution in [-0.2, 0) is 4.79 Å². The van der Waals surface area contributed by atoms with E-state index in [0.29, 0.717) is 11.4 Å². The van der Waals surface area contributed by atoms with Crippen LogP contribution in [0.25, 0.3) is 0 Å². The number of hydrogen-bond acceptors (Lipinski definition) is 3. The molecule has 134 valence electrons. The van der Waals surface area contributed by atoms with Crippen molar-refractivity contribution in [1.29, 1.82) is 0 Å². The molecule has 2 aromatic carbocycles. The largest absolute Gasteiger partial charge is 0.372 e. The number of benzene rings is 2. The second-order valence-electron chi connectivity index (χ2n) is 7.75. The van der Waals surface area contributed by atoms with Crippen LogP contribution in [0.2, 0.25) is 5.02 Å². The number of carbonyl (C=O) groups excluding carboxylic acids is 1. The molecule has 5 heteroatoms. The fourth-order valence-electron chi connectivity index (χ4n) is 3.86. The molecule has 0 amide bonds. The van der Waals surface area contributed by atoms with Gasteiger partial charge in [0.05, 0.1) is 17.4 Å². The average molecular weight is 432 g/mol. The van der Waals surface area contributed by atoms with Crippen molar-refractivity contribution < 1.29 is 4.79 Å². The van der Waals surface area contributed by atoms with Crippen LogP contribution in [0.1, 0.15) is 38.3 Å². The number of allylic oxidation sites excluding steroid dienone is 1. The van der Waals surface area contributed by atoms with E-state index < -0.39 is 0 Å². The number of nitrogens with one attached hydrogen (secondary N) is 2. The van der Waals surface area contributed by atoms with Gasteiger partial charge in [0.25, 0.3) is 0 Å². The number of halogens is 2. The summed E-state index contributed by atoms with van der Waals surface area (Å²) in [6.45, 7) is 4.29. The molecular weight excluding hydrogens is 412 g/mol. The normalized spacial score (nSPS) is 21.2. The fraction of sp³-hybridized carbons (Fsp3) is 0.286. The lowest BCUT2D eigenvalue weighted by Gasteiger charge is -2.34. The SMILES string of the molecule is CC1(C)CC(=O)C2=C(C1)Nc1ccc(Cl)cc1NC2c1ccccc1Br. The Hall–Kier alpha value is -1.78. The Morgan fingerprint density at radius 3 is 2.65 bits per heavy atom. The molecule has 1 aliphatic heterocycles. The summed E-state index contributed by atoms with van der Waals surface area (Å²) in [5.74, 6) is 0.191. The van der Waals surface area contributed by atoms with Gasteiger partial charge in [-0.25, -0.2) is 0 Å². The lowest BCUT2D eigenvalue weighted by molar-refractivity contribution is -0.118. The van der Waals surface area contributed by atoms with E-state index in [0.717, 1.165) is 39.1 Å². The summed E-state index contributed by atoms with van der Waals surface area (Å²) in [5.41, 5.74) is 4.66. The minimum absolute atomic E-state index is 0.0572. The van der Waals surface area contributed by atoms with E-state index in [4.69, 9.17) is 11.6 Å². The lowest BCUT2D eigenvalue weighted by atomic mass is 9.73. The van der Waals surface area contributed by atoms with Gasteiger partial charge in [0.1, 0.15) is 0 Å². The van der Waals surface area contributed by atoms with E-state index >= 15 is 0 Å². The van der Waals surface area contributed by atoms with Crippen molar-refractivity contribution in [1.82, 2.24) is 0 Å². The summed E-state index contributed by atoms with van der Waals surface area (Å²) in [6.07, 6.45) is 1.38. The van der Waals surface area contributed by atoms with Crippen molar-refractivity contribution in [2.45, 2.75) is 32.7 Å². The summed E-state index contributed by atoms with van der Waals surface area (Å²) >= 11 is 9.87. The summed E-state index contributed by atoms with van der Waals surface area (Å²) in [5, 5.41) is 7.74. The van der Waals surface area contributed by atoms with Crippen LogP contribution < -0.4 is 10.6 Å². The van der Waals surface area contributed by atoms with E-state index in [1.165, 1.54) is 0 Å². The Morgan fingerprint density at radius 2 is 1.88 bits per heavy atom. The van der Waals surface area contributed by atoms with E-state index in [9.17, 15) is 4.79 Å². The second-order valence-corrected chi connectivity index (χ2v) is 9.04. The third kappa shape index (κ3) is 3.17. The highest BCUT2D eigenvalue weighted by molar-refractivity contribution is 9.10. The molecule has 1 atom stereocenters. The van der Waals surface area contributed by atoms with Crippen LogP contribution in [0.3, 0.4) is 0 Å². The molecule has 0 spiro atoms. The molecule has 2 N–H and O–H groups in total. The highest BCUT2D eigenvalue weighted by Gasteiger charge is 2.39. The van der Waals surface area contributed by atoms with Gasteiger partial charge in [-0.2, -0.15) is 0 Å². The van der Waals surface area contributed by atoms with Gasteiger partial charge < -0.3 is 10.6 Å². The zero-order valence-corrected chi connectivity index (χ0v) is 17.0. The molecule has 2 aliphatic rings. The van der Waals surface area contributed by atoms with Gasteiger partial charge in [0, 0.05) is 27.2 Å². The van der Waals surface area contributed by atoms with Gasteiger partial charge in [-0.1, -0.05) is 59.6 Å². The molecule has 0 aromatic heterocycles. The second kappa shape index (κ2) is 6.43. The molecule has 0 saturated carbocycles. The number of rotatable bonds is 1. The maximum absolute atomic E-state index is 13.1. The van der Waals surface area contributed by atoms with Gasteiger partial charge >= 0.3 is 0 Å². The molecule has 1 unspecified atom stereocenters. The molecular formula is C21H20BrClN2O. The topological polar surface area (TPSA) is 41.1 Å². The predicted molar refractivity (Wildman–Crippen MR) is 111 cm³/mol. The minimum atomic E-state index is -0.226. The first-order chi connectivity index (χ1) is 12.3.